The fourth-order valence-electron chi connectivity index (χ4n) is 2.88. The molecular formula is C21H23N7O4S. The van der Waals surface area contributed by atoms with Crippen molar-refractivity contribution < 1.29 is 19.0 Å². The summed E-state index contributed by atoms with van der Waals surface area (Å²) in [6.45, 7) is 3.54. The van der Waals surface area contributed by atoms with E-state index in [1.165, 1.54) is 4.68 Å². The van der Waals surface area contributed by atoms with E-state index >= 15 is 0 Å². The van der Waals surface area contributed by atoms with E-state index in [0.717, 1.165) is 23.1 Å². The second-order valence-electron chi connectivity index (χ2n) is 6.74. The molecule has 12 heteroatoms. The number of hydrogen-bond donors (Lipinski definition) is 3. The van der Waals surface area contributed by atoms with Crippen molar-refractivity contribution in [2.24, 2.45) is 5.10 Å². The highest BCUT2D eigenvalue weighted by Gasteiger charge is 2.15. The zero-order chi connectivity index (χ0) is 23.0. The van der Waals surface area contributed by atoms with E-state index in [1.807, 2.05) is 31.2 Å². The first kappa shape index (κ1) is 22.3. The number of fused-ring (bicyclic) bond motifs is 1. The molecule has 4 N–H and O–H groups in total. The summed E-state index contributed by atoms with van der Waals surface area (Å²) < 4.78 is 17.6. The van der Waals surface area contributed by atoms with E-state index in [9.17, 15) is 4.79 Å². The number of nitrogens with two attached hydrogens (primary N) is 1. The van der Waals surface area contributed by atoms with E-state index in [4.69, 9.17) is 20.1 Å². The number of nitrogen functional groups attached to an aromatic ring is 1. The predicted molar refractivity (Wildman–Crippen MR) is 126 cm³/mol. The van der Waals surface area contributed by atoms with Crippen LogP contribution in [0.3, 0.4) is 0 Å². The van der Waals surface area contributed by atoms with Crippen molar-refractivity contribution in [3.8, 4) is 17.2 Å². The van der Waals surface area contributed by atoms with Gasteiger partial charge in [0.2, 0.25) is 11.1 Å². The topological polar surface area (TPSA) is 138 Å². The number of ether oxygens (including phenoxy) is 3. The Hall–Kier alpha value is -3.93. The second kappa shape index (κ2) is 10.6. The number of benzene rings is 2. The molecule has 0 saturated heterocycles. The number of carbonyl (C=O) groups excluding carboxylic acids is 1. The fourth-order valence-corrected chi connectivity index (χ4v) is 3.54. The monoisotopic (exact) mass is 469 g/mol. The van der Waals surface area contributed by atoms with Crippen LogP contribution in [0, 0.1) is 0 Å². The van der Waals surface area contributed by atoms with Crippen LogP contribution >= 0.6 is 11.8 Å². The van der Waals surface area contributed by atoms with Crippen molar-refractivity contribution in [2.45, 2.75) is 12.1 Å². The number of hydrogen-bond acceptors (Lipinski definition) is 10. The molecule has 0 atom stereocenters. The molecule has 2 aromatic carbocycles. The van der Waals surface area contributed by atoms with Crippen LogP contribution in [0.1, 0.15) is 12.5 Å². The van der Waals surface area contributed by atoms with Gasteiger partial charge in [0.25, 0.3) is 5.95 Å². The van der Waals surface area contributed by atoms with Crippen molar-refractivity contribution in [3.63, 3.8) is 0 Å². The van der Waals surface area contributed by atoms with Crippen molar-refractivity contribution in [1.29, 1.82) is 0 Å². The van der Waals surface area contributed by atoms with Gasteiger partial charge in [-0.3, -0.25) is 4.79 Å². The molecule has 1 aliphatic rings. The molecule has 2 heterocycles. The smallest absolute Gasteiger partial charge is 0.264 e. The van der Waals surface area contributed by atoms with Gasteiger partial charge in [-0.1, -0.05) is 11.8 Å². The Labute approximate surface area is 194 Å². The lowest BCUT2D eigenvalue weighted by atomic mass is 10.2. The minimum atomic E-state index is -0.220. The molecule has 1 aliphatic heterocycles. The van der Waals surface area contributed by atoms with Crippen LogP contribution in [-0.2, 0) is 4.79 Å². The first-order valence-electron chi connectivity index (χ1n) is 10.2. The van der Waals surface area contributed by atoms with Gasteiger partial charge in [-0.15, -0.1) is 10.2 Å². The lowest BCUT2D eigenvalue weighted by molar-refractivity contribution is -0.113. The Morgan fingerprint density at radius 2 is 2.00 bits per heavy atom. The molecule has 3 aromatic rings. The zero-order valence-corrected chi connectivity index (χ0v) is 18.7. The molecule has 1 aromatic heterocycles. The summed E-state index contributed by atoms with van der Waals surface area (Å²) in [6.07, 6.45) is 1.62. The summed E-state index contributed by atoms with van der Waals surface area (Å²) in [4.78, 5) is 12.3. The highest BCUT2D eigenvalue weighted by atomic mass is 32.2. The molecule has 0 spiro atoms. The van der Waals surface area contributed by atoms with Gasteiger partial charge in [-0.25, -0.2) is 10.1 Å². The number of amides is 1. The van der Waals surface area contributed by atoms with Gasteiger partial charge in [0, 0.05) is 11.8 Å². The molecule has 172 valence electrons. The SMILES string of the molecule is CCOc1ccc(/C=N/Nc2nnc(SCC(=O)Nc3ccc4c(c3)OCCO4)n2N)cc1. The lowest BCUT2D eigenvalue weighted by Gasteiger charge is -2.18. The van der Waals surface area contributed by atoms with Crippen LogP contribution in [0.4, 0.5) is 11.6 Å². The maximum absolute atomic E-state index is 12.3. The van der Waals surface area contributed by atoms with Gasteiger partial charge < -0.3 is 25.4 Å². The normalized spacial score (nSPS) is 12.5. The minimum absolute atomic E-state index is 0.0965. The number of nitrogens with one attached hydrogen (secondary N) is 2. The number of rotatable bonds is 9. The van der Waals surface area contributed by atoms with Crippen molar-refractivity contribution in [1.82, 2.24) is 14.9 Å². The average Bonchev–Trinajstić information content (AvgIpc) is 3.18. The van der Waals surface area contributed by atoms with Gasteiger partial charge in [0.05, 0.1) is 18.6 Å². The van der Waals surface area contributed by atoms with Gasteiger partial charge in [-0.2, -0.15) is 5.10 Å². The molecule has 11 nitrogen and oxygen atoms in total. The van der Waals surface area contributed by atoms with Crippen molar-refractivity contribution in [2.75, 3.05) is 42.2 Å². The summed E-state index contributed by atoms with van der Waals surface area (Å²) in [7, 11) is 0. The third-order valence-corrected chi connectivity index (χ3v) is 5.34. The Bertz CT molecular complexity index is 1130. The molecule has 0 aliphatic carbocycles. The summed E-state index contributed by atoms with van der Waals surface area (Å²) in [5.41, 5.74) is 4.23. The summed E-state index contributed by atoms with van der Waals surface area (Å²) >= 11 is 1.15. The lowest BCUT2D eigenvalue weighted by Crippen LogP contribution is -2.18. The van der Waals surface area contributed by atoms with E-state index in [-0.39, 0.29) is 17.6 Å². The first-order valence-corrected chi connectivity index (χ1v) is 11.2. The van der Waals surface area contributed by atoms with Gasteiger partial charge >= 0.3 is 0 Å². The highest BCUT2D eigenvalue weighted by molar-refractivity contribution is 7.99. The number of nitrogens with zero attached hydrogens (tertiary/aromatic N) is 4. The maximum atomic E-state index is 12.3. The molecule has 0 unspecified atom stereocenters. The molecule has 0 radical (unpaired) electrons. The minimum Gasteiger partial charge on any atom is -0.494 e. The van der Waals surface area contributed by atoms with Crippen LogP contribution in [0.25, 0.3) is 0 Å². The van der Waals surface area contributed by atoms with Crippen molar-refractivity contribution >= 4 is 35.5 Å². The average molecular weight is 470 g/mol. The third kappa shape index (κ3) is 5.86. The third-order valence-electron chi connectivity index (χ3n) is 4.39. The quantitative estimate of drug-likeness (QED) is 0.187. The number of thioether (sulfide) groups is 1. The Morgan fingerprint density at radius 1 is 1.21 bits per heavy atom. The number of anilines is 2. The molecule has 0 bridgehead atoms. The van der Waals surface area contributed by atoms with Crippen LogP contribution in [0.2, 0.25) is 0 Å². The number of aromatic nitrogens is 3. The molecule has 0 saturated carbocycles. The molecule has 1 amide bonds. The molecule has 0 fully saturated rings. The predicted octanol–water partition coefficient (Wildman–Crippen LogP) is 2.34. The van der Waals surface area contributed by atoms with Crippen LogP contribution < -0.4 is 30.8 Å². The van der Waals surface area contributed by atoms with E-state index in [2.05, 4.69) is 26.0 Å². The summed E-state index contributed by atoms with van der Waals surface area (Å²) in [6, 6.07) is 12.7. The van der Waals surface area contributed by atoms with E-state index in [0.29, 0.717) is 42.2 Å². The summed E-state index contributed by atoms with van der Waals surface area (Å²) in [5, 5.41) is 15.2. The van der Waals surface area contributed by atoms with Crippen LogP contribution in [-0.4, -0.2) is 52.6 Å². The van der Waals surface area contributed by atoms with Crippen molar-refractivity contribution in [3.05, 3.63) is 48.0 Å². The second-order valence-corrected chi connectivity index (χ2v) is 7.69. The van der Waals surface area contributed by atoms with Gasteiger partial charge in [-0.05, 0) is 48.9 Å². The Balaban J connectivity index is 1.27. The molecular weight excluding hydrogens is 446 g/mol. The van der Waals surface area contributed by atoms with Gasteiger partial charge in [0.15, 0.2) is 11.5 Å². The summed E-state index contributed by atoms with van der Waals surface area (Å²) in [5.74, 6) is 8.19. The fraction of sp³-hybridized carbons (Fsp3) is 0.238. The Morgan fingerprint density at radius 3 is 2.79 bits per heavy atom. The number of carbonyl (C=O) groups is 1. The standard InChI is InChI=1S/C21H23N7O4S/c1-2-30-16-6-3-14(4-7-16)12-23-25-20-26-27-21(28(20)22)33-13-19(29)24-15-5-8-17-18(11-15)32-10-9-31-17/h3-8,11-12H,2,9-10,13,22H2,1H3,(H,24,29)(H,25,26)/b23-12+. The van der Waals surface area contributed by atoms with Crippen LogP contribution in [0.15, 0.2) is 52.7 Å². The highest BCUT2D eigenvalue weighted by Crippen LogP contribution is 2.32. The maximum Gasteiger partial charge on any atom is 0.264 e. The Kier molecular flexibility index (Phi) is 7.15. The number of hydrazone groups is 1. The van der Waals surface area contributed by atoms with E-state index < -0.39 is 0 Å². The zero-order valence-electron chi connectivity index (χ0n) is 17.9. The first-order chi connectivity index (χ1) is 16.1. The van der Waals surface area contributed by atoms with Crippen LogP contribution in [0.5, 0.6) is 17.2 Å². The molecule has 33 heavy (non-hydrogen) atoms. The van der Waals surface area contributed by atoms with E-state index in [1.54, 1.807) is 24.4 Å². The van der Waals surface area contributed by atoms with Gasteiger partial charge in [0.1, 0.15) is 19.0 Å². The largest absolute Gasteiger partial charge is 0.494 e. The molecule has 4 rings (SSSR count).